The van der Waals surface area contributed by atoms with Crippen LogP contribution in [0, 0.1) is 16.7 Å². The van der Waals surface area contributed by atoms with Gasteiger partial charge in [-0.3, -0.25) is 19.2 Å². The molecule has 484 valence electrons. The predicted octanol–water partition coefficient (Wildman–Crippen LogP) is 18.0. The van der Waals surface area contributed by atoms with Gasteiger partial charge in [0.2, 0.25) is 0 Å². The van der Waals surface area contributed by atoms with Gasteiger partial charge < -0.3 is 39.7 Å². The summed E-state index contributed by atoms with van der Waals surface area (Å²) >= 11 is 0. The smallest absolute Gasteiger partial charge is 0.339 e. The number of aliphatic carboxylic acids is 3. The van der Waals surface area contributed by atoms with E-state index in [4.69, 9.17) is 14.2 Å². The van der Waals surface area contributed by atoms with Crippen molar-refractivity contribution >= 4 is 35.8 Å². The highest BCUT2D eigenvalue weighted by atomic mass is 16.6. The molecule has 0 spiro atoms. The maximum atomic E-state index is 13.6. The lowest BCUT2D eigenvalue weighted by Crippen LogP contribution is -2.70. The molecule has 0 aromatic carbocycles. The Morgan fingerprint density at radius 3 is 0.915 bits per heavy atom. The standard InChI is InChI=1S/C38H72O7.C30H56O7/c1-6-11-15-18-21-24-28-36(33(39)40,29-25-22-19-16-12-7-2)38(45,35(43)44)37(34(41)42,30-26-23-20-17-13-8-3)31-32(10-5)27-14-9-4;1-4-7-10-13-16-19-22-35-27(31)25-30(34,29(33)37-24-21-18-15-12-9-6-3)26-28(32)36-23-20-17-14-11-8-5-2/h32,45H,6-31H2,1-5H3,(H,39,40)(H,41,42)(H,43,44);34H,4-26H2,1-3H3. The summed E-state index contributed by atoms with van der Waals surface area (Å²) in [5, 5.41) is 56.9. The van der Waals surface area contributed by atoms with Crippen molar-refractivity contribution in [3.63, 3.8) is 0 Å². The first-order valence-electron chi connectivity index (χ1n) is 34.0. The predicted molar refractivity (Wildman–Crippen MR) is 332 cm³/mol. The van der Waals surface area contributed by atoms with Gasteiger partial charge in [-0.15, -0.1) is 0 Å². The molecular weight excluding hydrogens is 1040 g/mol. The van der Waals surface area contributed by atoms with E-state index in [1.807, 2.05) is 6.92 Å². The van der Waals surface area contributed by atoms with Gasteiger partial charge in [0.1, 0.15) is 10.8 Å². The summed E-state index contributed by atoms with van der Waals surface area (Å²) in [5.74, 6) is -6.94. The Kier molecular flexibility index (Phi) is 51.3. The Morgan fingerprint density at radius 2 is 0.622 bits per heavy atom. The molecule has 0 rings (SSSR count). The molecule has 3 atom stereocenters. The number of hydrogen-bond donors (Lipinski definition) is 5. The number of esters is 3. The van der Waals surface area contributed by atoms with Gasteiger partial charge in [0.25, 0.3) is 0 Å². The van der Waals surface area contributed by atoms with Crippen LogP contribution in [0.15, 0.2) is 0 Å². The Bertz CT molecular complexity index is 1550. The lowest BCUT2D eigenvalue weighted by molar-refractivity contribution is -0.228. The minimum absolute atomic E-state index is 0.0291. The Hall–Kier alpha value is -3.26. The third-order valence-corrected chi connectivity index (χ3v) is 17.1. The molecule has 0 aliphatic heterocycles. The SMILES string of the molecule is CCCCCCCCC(CCCCCCCC)(C(=O)O)C(O)(C(=O)O)C(CCCCCCCC)(CC(CC)CCCC)C(=O)O.CCCCCCCCOC(=O)CC(O)(CC(=O)OCCCCCCCC)C(=O)OCCCCCCCC. The zero-order chi connectivity index (χ0) is 61.8. The fourth-order valence-corrected chi connectivity index (χ4v) is 11.7. The second-order valence-electron chi connectivity index (χ2n) is 24.2. The molecule has 0 aliphatic rings. The summed E-state index contributed by atoms with van der Waals surface area (Å²) in [6, 6.07) is 0. The van der Waals surface area contributed by atoms with Crippen LogP contribution in [0.2, 0.25) is 0 Å². The van der Waals surface area contributed by atoms with Crippen molar-refractivity contribution in [3.05, 3.63) is 0 Å². The van der Waals surface area contributed by atoms with Crippen LogP contribution in [-0.4, -0.2) is 92.4 Å². The van der Waals surface area contributed by atoms with E-state index in [0.717, 1.165) is 193 Å². The summed E-state index contributed by atoms with van der Waals surface area (Å²) in [6.07, 6.45) is 36.3. The average Bonchev–Trinajstić information content (AvgIpc) is 3.44. The number of carbonyl (C=O) groups is 6. The maximum absolute atomic E-state index is 13.6. The van der Waals surface area contributed by atoms with Crippen molar-refractivity contribution in [2.45, 2.75) is 362 Å². The van der Waals surface area contributed by atoms with E-state index in [-0.39, 0.29) is 51.4 Å². The Labute approximate surface area is 500 Å². The van der Waals surface area contributed by atoms with Gasteiger partial charge in [0.15, 0.2) is 11.2 Å². The van der Waals surface area contributed by atoms with E-state index >= 15 is 0 Å². The van der Waals surface area contributed by atoms with Crippen molar-refractivity contribution in [1.82, 2.24) is 0 Å². The molecule has 0 saturated carbocycles. The van der Waals surface area contributed by atoms with Crippen molar-refractivity contribution < 1.29 is 68.5 Å². The molecule has 14 heteroatoms. The van der Waals surface area contributed by atoms with Crippen LogP contribution in [-0.2, 0) is 43.0 Å². The van der Waals surface area contributed by atoms with E-state index in [9.17, 15) is 54.3 Å². The molecule has 0 aliphatic carbocycles. The molecule has 0 bridgehead atoms. The Balaban J connectivity index is 0. The number of rotatable bonds is 58. The fourth-order valence-electron chi connectivity index (χ4n) is 11.7. The second kappa shape index (κ2) is 52.1. The number of aliphatic hydroxyl groups is 2. The highest BCUT2D eigenvalue weighted by Crippen LogP contribution is 2.57. The van der Waals surface area contributed by atoms with Gasteiger partial charge >= 0.3 is 35.8 Å². The van der Waals surface area contributed by atoms with Crippen LogP contribution in [0.4, 0.5) is 0 Å². The Morgan fingerprint density at radius 1 is 0.341 bits per heavy atom. The second-order valence-corrected chi connectivity index (χ2v) is 24.2. The molecule has 0 aromatic heterocycles. The summed E-state index contributed by atoms with van der Waals surface area (Å²) < 4.78 is 15.8. The van der Waals surface area contributed by atoms with Gasteiger partial charge in [0, 0.05) is 0 Å². The molecule has 14 nitrogen and oxygen atoms in total. The maximum Gasteiger partial charge on any atom is 0.339 e. The normalized spacial score (nSPS) is 13.5. The molecule has 0 heterocycles. The topological polar surface area (TPSA) is 231 Å². The summed E-state index contributed by atoms with van der Waals surface area (Å²) in [7, 11) is 0. The van der Waals surface area contributed by atoms with Crippen LogP contribution in [0.25, 0.3) is 0 Å². The van der Waals surface area contributed by atoms with Crippen LogP contribution in [0.1, 0.15) is 351 Å². The monoisotopic (exact) mass is 1170 g/mol. The molecule has 0 saturated heterocycles. The summed E-state index contributed by atoms with van der Waals surface area (Å²) in [4.78, 5) is 78.2. The van der Waals surface area contributed by atoms with Crippen molar-refractivity contribution in [2.24, 2.45) is 16.7 Å². The fraction of sp³-hybridized carbons (Fsp3) is 0.912. The van der Waals surface area contributed by atoms with Crippen molar-refractivity contribution in [3.8, 4) is 0 Å². The van der Waals surface area contributed by atoms with Crippen LogP contribution in [0.5, 0.6) is 0 Å². The zero-order valence-corrected chi connectivity index (χ0v) is 54.1. The molecule has 82 heavy (non-hydrogen) atoms. The van der Waals surface area contributed by atoms with E-state index in [1.165, 1.54) is 32.1 Å². The van der Waals surface area contributed by atoms with Crippen molar-refractivity contribution in [1.29, 1.82) is 0 Å². The lowest BCUT2D eigenvalue weighted by atomic mass is 9.51. The highest BCUT2D eigenvalue weighted by molar-refractivity contribution is 5.95. The minimum atomic E-state index is -2.95. The lowest BCUT2D eigenvalue weighted by Gasteiger charge is -2.52. The molecule has 0 amide bonds. The number of unbranched alkanes of at least 4 members (excludes halogenated alkanes) is 31. The van der Waals surface area contributed by atoms with Gasteiger partial charge in [-0.2, -0.15) is 0 Å². The summed E-state index contributed by atoms with van der Waals surface area (Å²) in [6.45, 7) is 17.5. The zero-order valence-electron chi connectivity index (χ0n) is 54.1. The van der Waals surface area contributed by atoms with Gasteiger partial charge in [0.05, 0.1) is 32.7 Å². The molecule has 5 N–H and O–H groups in total. The van der Waals surface area contributed by atoms with E-state index < -0.39 is 70.7 Å². The largest absolute Gasteiger partial charge is 0.481 e. The molecule has 0 radical (unpaired) electrons. The summed E-state index contributed by atoms with van der Waals surface area (Å²) in [5.41, 5.74) is -9.44. The van der Waals surface area contributed by atoms with E-state index in [2.05, 4.69) is 48.5 Å². The number of carboxylic acid groups (broad SMARTS) is 3. The van der Waals surface area contributed by atoms with Gasteiger partial charge in [-0.05, 0) is 50.9 Å². The number of carbonyl (C=O) groups excluding carboxylic acids is 3. The van der Waals surface area contributed by atoms with E-state index in [1.54, 1.807) is 0 Å². The molecule has 3 unspecified atom stereocenters. The quantitative estimate of drug-likeness (QED) is 0.0217. The average molecular weight is 1170 g/mol. The van der Waals surface area contributed by atoms with Gasteiger partial charge in [-0.1, -0.05) is 293 Å². The number of carboxylic acids is 3. The third kappa shape index (κ3) is 34.0. The molecule has 0 fully saturated rings. The third-order valence-electron chi connectivity index (χ3n) is 17.1. The van der Waals surface area contributed by atoms with Crippen LogP contribution >= 0.6 is 0 Å². The van der Waals surface area contributed by atoms with Crippen LogP contribution < -0.4 is 0 Å². The molecular formula is C68H128O14. The first-order chi connectivity index (χ1) is 39.4. The molecule has 0 aromatic rings. The number of ether oxygens (including phenoxy) is 3. The van der Waals surface area contributed by atoms with Crippen LogP contribution in [0.3, 0.4) is 0 Å². The number of hydrogen-bond acceptors (Lipinski definition) is 11. The van der Waals surface area contributed by atoms with Crippen molar-refractivity contribution in [2.75, 3.05) is 19.8 Å². The van der Waals surface area contributed by atoms with Gasteiger partial charge in [-0.25, -0.2) is 9.59 Å². The first kappa shape index (κ1) is 80.8. The highest BCUT2D eigenvalue weighted by Gasteiger charge is 2.72. The first-order valence-corrected chi connectivity index (χ1v) is 34.0. The minimum Gasteiger partial charge on any atom is -0.481 e. The van der Waals surface area contributed by atoms with E-state index in [0.29, 0.717) is 32.1 Å².